The van der Waals surface area contributed by atoms with Gasteiger partial charge in [0.05, 0.1) is 26.0 Å². The molecule has 0 aliphatic carbocycles. The van der Waals surface area contributed by atoms with Crippen LogP contribution in [0.5, 0.6) is 5.75 Å². The number of carbonyl (C=O) groups excluding carboxylic acids is 2. The molecule has 8 heteroatoms. The predicted octanol–water partition coefficient (Wildman–Crippen LogP) is 2.56. The zero-order valence-corrected chi connectivity index (χ0v) is 17.2. The van der Waals surface area contributed by atoms with Gasteiger partial charge >= 0.3 is 5.97 Å². The summed E-state index contributed by atoms with van der Waals surface area (Å²) >= 11 is 0. The Morgan fingerprint density at radius 2 is 1.84 bits per heavy atom. The van der Waals surface area contributed by atoms with Crippen LogP contribution in [-0.4, -0.2) is 66.6 Å². The largest absolute Gasteiger partial charge is 0.497 e. The summed E-state index contributed by atoms with van der Waals surface area (Å²) in [5, 5.41) is 4.61. The minimum atomic E-state index is -0.610. The number of aromatic nitrogens is 2. The molecular formula is C23H23N3O5. The van der Waals surface area contributed by atoms with Crippen LogP contribution in [0.25, 0.3) is 16.9 Å². The van der Waals surface area contributed by atoms with Gasteiger partial charge in [0.2, 0.25) is 0 Å². The first-order valence-corrected chi connectivity index (χ1v) is 9.98. The fourth-order valence-electron chi connectivity index (χ4n) is 3.33. The van der Waals surface area contributed by atoms with Crippen LogP contribution >= 0.6 is 0 Å². The van der Waals surface area contributed by atoms with E-state index in [0.717, 1.165) is 5.69 Å². The van der Waals surface area contributed by atoms with Gasteiger partial charge in [0.15, 0.2) is 6.61 Å². The maximum atomic E-state index is 12.9. The SMILES string of the molecule is COc1cccc(-c2nn(-c3ccccc3)cc2C(=O)OCC(=O)N2CCOCC2)c1. The minimum Gasteiger partial charge on any atom is -0.497 e. The van der Waals surface area contributed by atoms with Crippen LogP contribution in [0, 0.1) is 0 Å². The van der Waals surface area contributed by atoms with Crippen LogP contribution in [0.1, 0.15) is 10.4 Å². The molecule has 2 heterocycles. The van der Waals surface area contributed by atoms with Crippen molar-refractivity contribution in [1.29, 1.82) is 0 Å². The average Bonchev–Trinajstić information content (AvgIpc) is 3.29. The van der Waals surface area contributed by atoms with Gasteiger partial charge in [-0.1, -0.05) is 30.3 Å². The summed E-state index contributed by atoms with van der Waals surface area (Å²) in [7, 11) is 1.58. The zero-order chi connectivity index (χ0) is 21.6. The third-order valence-electron chi connectivity index (χ3n) is 4.99. The number of methoxy groups -OCH3 is 1. The first-order valence-electron chi connectivity index (χ1n) is 9.98. The normalized spacial score (nSPS) is 13.6. The molecule has 1 amide bonds. The number of carbonyl (C=O) groups is 2. The molecule has 1 aliphatic heterocycles. The van der Waals surface area contributed by atoms with E-state index in [1.54, 1.807) is 29.0 Å². The number of morpholine rings is 1. The second-order valence-corrected chi connectivity index (χ2v) is 6.97. The van der Waals surface area contributed by atoms with E-state index in [0.29, 0.717) is 43.3 Å². The third kappa shape index (κ3) is 4.75. The number of benzene rings is 2. The van der Waals surface area contributed by atoms with E-state index in [-0.39, 0.29) is 18.1 Å². The van der Waals surface area contributed by atoms with E-state index < -0.39 is 5.97 Å². The van der Waals surface area contributed by atoms with Crippen LogP contribution in [0.4, 0.5) is 0 Å². The number of ether oxygens (including phenoxy) is 3. The average molecular weight is 421 g/mol. The minimum absolute atomic E-state index is 0.241. The monoisotopic (exact) mass is 421 g/mol. The first kappa shape index (κ1) is 20.6. The van der Waals surface area contributed by atoms with Crippen molar-refractivity contribution in [3.63, 3.8) is 0 Å². The number of esters is 1. The molecule has 2 aromatic carbocycles. The predicted molar refractivity (Wildman–Crippen MR) is 113 cm³/mol. The summed E-state index contributed by atoms with van der Waals surface area (Å²) in [6.45, 7) is 1.65. The molecule has 1 aromatic heterocycles. The van der Waals surface area contributed by atoms with Crippen LogP contribution in [-0.2, 0) is 14.3 Å². The third-order valence-corrected chi connectivity index (χ3v) is 4.99. The molecule has 0 radical (unpaired) electrons. The topological polar surface area (TPSA) is 82.9 Å². The second kappa shape index (κ2) is 9.44. The Labute approximate surface area is 179 Å². The van der Waals surface area contributed by atoms with Crippen molar-refractivity contribution in [2.75, 3.05) is 40.0 Å². The van der Waals surface area contributed by atoms with Crippen molar-refractivity contribution in [1.82, 2.24) is 14.7 Å². The van der Waals surface area contributed by atoms with Crippen LogP contribution in [0.3, 0.4) is 0 Å². The molecule has 1 aliphatic rings. The first-order chi connectivity index (χ1) is 15.2. The number of nitrogens with zero attached hydrogens (tertiary/aromatic N) is 3. The summed E-state index contributed by atoms with van der Waals surface area (Å²) in [4.78, 5) is 26.9. The molecule has 31 heavy (non-hydrogen) atoms. The van der Waals surface area contributed by atoms with Crippen molar-refractivity contribution in [3.8, 4) is 22.7 Å². The van der Waals surface area contributed by atoms with Gasteiger partial charge in [-0.15, -0.1) is 0 Å². The van der Waals surface area contributed by atoms with Crippen LogP contribution in [0.2, 0.25) is 0 Å². The maximum Gasteiger partial charge on any atom is 0.342 e. The Morgan fingerprint density at radius 3 is 2.58 bits per heavy atom. The van der Waals surface area contributed by atoms with E-state index in [2.05, 4.69) is 5.10 Å². The standard InChI is InChI=1S/C23H23N3O5/c1-29-19-9-5-6-17(14-19)22-20(15-26(24-22)18-7-3-2-4-8-18)23(28)31-16-21(27)25-10-12-30-13-11-25/h2-9,14-15H,10-13,16H2,1H3. The number of para-hydroxylation sites is 1. The number of amides is 1. The van der Waals surface area contributed by atoms with Gasteiger partial charge < -0.3 is 19.1 Å². The Balaban J connectivity index is 1.60. The lowest BCUT2D eigenvalue weighted by Crippen LogP contribution is -2.42. The Kier molecular flexibility index (Phi) is 6.28. The second-order valence-electron chi connectivity index (χ2n) is 6.97. The van der Waals surface area contributed by atoms with Crippen molar-refractivity contribution in [2.45, 2.75) is 0 Å². The quantitative estimate of drug-likeness (QED) is 0.569. The molecule has 3 aromatic rings. The van der Waals surface area contributed by atoms with Gasteiger partial charge in [0.25, 0.3) is 5.91 Å². The highest BCUT2D eigenvalue weighted by molar-refractivity contribution is 5.97. The Morgan fingerprint density at radius 1 is 1.06 bits per heavy atom. The smallest absolute Gasteiger partial charge is 0.342 e. The van der Waals surface area contributed by atoms with Crippen LogP contribution < -0.4 is 4.74 Å². The van der Waals surface area contributed by atoms with Gasteiger partial charge in [0, 0.05) is 24.8 Å². The summed E-state index contributed by atoms with van der Waals surface area (Å²) in [5.74, 6) is -0.204. The molecule has 4 rings (SSSR count). The number of hydrogen-bond acceptors (Lipinski definition) is 6. The molecule has 1 fully saturated rings. The van der Waals surface area contributed by atoms with Gasteiger partial charge in [0.1, 0.15) is 17.0 Å². The fraction of sp³-hybridized carbons (Fsp3) is 0.261. The summed E-state index contributed by atoms with van der Waals surface area (Å²) < 4.78 is 17.5. The Bertz CT molecular complexity index is 1060. The van der Waals surface area contributed by atoms with E-state index in [9.17, 15) is 9.59 Å². The highest BCUT2D eigenvalue weighted by Crippen LogP contribution is 2.27. The molecule has 0 atom stereocenters. The molecule has 0 bridgehead atoms. The zero-order valence-electron chi connectivity index (χ0n) is 17.2. The van der Waals surface area contributed by atoms with E-state index in [1.807, 2.05) is 48.5 Å². The summed E-state index contributed by atoms with van der Waals surface area (Å²) in [5.41, 5.74) is 2.23. The number of hydrogen-bond donors (Lipinski definition) is 0. The van der Waals surface area contributed by atoms with Crippen molar-refractivity contribution < 1.29 is 23.8 Å². The Hall–Kier alpha value is -3.65. The van der Waals surface area contributed by atoms with Crippen molar-refractivity contribution in [3.05, 3.63) is 66.4 Å². The highest BCUT2D eigenvalue weighted by atomic mass is 16.5. The highest BCUT2D eigenvalue weighted by Gasteiger charge is 2.23. The molecular weight excluding hydrogens is 398 g/mol. The lowest BCUT2D eigenvalue weighted by atomic mass is 10.1. The van der Waals surface area contributed by atoms with Crippen molar-refractivity contribution >= 4 is 11.9 Å². The van der Waals surface area contributed by atoms with Gasteiger partial charge in [-0.2, -0.15) is 5.10 Å². The lowest BCUT2D eigenvalue weighted by molar-refractivity contribution is -0.138. The lowest BCUT2D eigenvalue weighted by Gasteiger charge is -2.26. The van der Waals surface area contributed by atoms with Crippen LogP contribution in [0.15, 0.2) is 60.8 Å². The number of rotatable bonds is 6. The van der Waals surface area contributed by atoms with E-state index in [4.69, 9.17) is 14.2 Å². The molecule has 8 nitrogen and oxygen atoms in total. The van der Waals surface area contributed by atoms with Gasteiger partial charge in [-0.05, 0) is 24.3 Å². The molecule has 0 spiro atoms. The molecule has 0 unspecified atom stereocenters. The van der Waals surface area contributed by atoms with Gasteiger partial charge in [-0.25, -0.2) is 9.48 Å². The molecule has 0 N–H and O–H groups in total. The van der Waals surface area contributed by atoms with E-state index >= 15 is 0 Å². The van der Waals surface area contributed by atoms with E-state index in [1.165, 1.54) is 0 Å². The van der Waals surface area contributed by atoms with Crippen molar-refractivity contribution in [2.24, 2.45) is 0 Å². The molecule has 160 valence electrons. The summed E-state index contributed by atoms with van der Waals surface area (Å²) in [6.07, 6.45) is 1.62. The van der Waals surface area contributed by atoms with Gasteiger partial charge in [-0.3, -0.25) is 4.79 Å². The maximum absolute atomic E-state index is 12.9. The molecule has 0 saturated carbocycles. The summed E-state index contributed by atoms with van der Waals surface area (Å²) in [6, 6.07) is 16.7. The molecule has 1 saturated heterocycles. The fourth-order valence-corrected chi connectivity index (χ4v) is 3.33.